The van der Waals surface area contributed by atoms with Gasteiger partial charge in [0.15, 0.2) is 0 Å². The second-order valence-electron chi connectivity index (χ2n) is 13.3. The highest BCUT2D eigenvalue weighted by Gasteiger charge is 2.62. The second kappa shape index (κ2) is 15.2. The minimum absolute atomic E-state index is 0.0652. The number of esters is 1. The molecule has 49 heavy (non-hydrogen) atoms. The van der Waals surface area contributed by atoms with Gasteiger partial charge >= 0.3 is 12.1 Å². The molecular weight excluding hydrogens is 652 g/mol. The highest BCUT2D eigenvalue weighted by Crippen LogP contribution is 2.46. The number of methoxy groups -OCH3 is 1. The number of carbonyl (C=O) groups excluding carboxylic acids is 4. The number of halogens is 1. The summed E-state index contributed by atoms with van der Waals surface area (Å²) in [5, 5.41) is 6.87. The molecule has 5 atom stereocenters. The van der Waals surface area contributed by atoms with Crippen molar-refractivity contribution >= 4 is 46.4 Å². The number of rotatable bonds is 7. The van der Waals surface area contributed by atoms with Gasteiger partial charge in [-0.3, -0.25) is 9.59 Å². The maximum atomic E-state index is 14.4. The first kappa shape index (κ1) is 34.8. The average Bonchev–Trinajstić information content (AvgIpc) is 3.37. The lowest BCUT2D eigenvalue weighted by atomic mass is 10.0. The van der Waals surface area contributed by atoms with Crippen molar-refractivity contribution in [1.29, 1.82) is 0 Å². The SMILES string of the molecule is CCOc1cc(O[C@@H]2C[C@H]3C(=O)N[C@]4(C(=O)OC)C[C@H]4/C=C\CCCCC[C@H](NC(=O)OC4CCCC4)C(=O)N3C2)c2cccc(Cl)c2n1. The van der Waals surface area contributed by atoms with Crippen LogP contribution < -0.4 is 20.1 Å². The molecule has 2 aliphatic carbocycles. The van der Waals surface area contributed by atoms with Gasteiger partial charge in [0.1, 0.15) is 35.6 Å². The lowest BCUT2D eigenvalue weighted by Gasteiger charge is -2.29. The van der Waals surface area contributed by atoms with Gasteiger partial charge in [0.05, 0.1) is 30.8 Å². The van der Waals surface area contributed by atoms with Crippen LogP contribution in [0.4, 0.5) is 4.79 Å². The molecule has 0 spiro atoms. The number of amides is 3. The van der Waals surface area contributed by atoms with Crippen molar-refractivity contribution in [3.05, 3.63) is 41.4 Å². The summed E-state index contributed by atoms with van der Waals surface area (Å²) in [6.45, 7) is 2.29. The van der Waals surface area contributed by atoms with Crippen LogP contribution in [0, 0.1) is 5.92 Å². The zero-order chi connectivity index (χ0) is 34.5. The molecule has 1 saturated heterocycles. The maximum Gasteiger partial charge on any atom is 0.408 e. The van der Waals surface area contributed by atoms with Crippen molar-refractivity contribution in [2.24, 2.45) is 5.92 Å². The van der Waals surface area contributed by atoms with E-state index in [0.29, 0.717) is 53.4 Å². The molecule has 13 heteroatoms. The number of benzene rings is 1. The first-order valence-corrected chi connectivity index (χ1v) is 17.8. The van der Waals surface area contributed by atoms with Gasteiger partial charge in [-0.1, -0.05) is 42.7 Å². The number of ether oxygens (including phenoxy) is 4. The molecule has 12 nitrogen and oxygen atoms in total. The first-order valence-electron chi connectivity index (χ1n) is 17.5. The third-order valence-corrected chi connectivity index (χ3v) is 10.3. The number of nitrogens with one attached hydrogen (secondary N) is 2. The molecule has 2 saturated carbocycles. The van der Waals surface area contributed by atoms with Crippen LogP contribution in [0.15, 0.2) is 36.4 Å². The molecule has 3 fully saturated rings. The topological polar surface area (TPSA) is 145 Å². The molecule has 1 aromatic heterocycles. The second-order valence-corrected chi connectivity index (χ2v) is 13.8. The van der Waals surface area contributed by atoms with Crippen molar-refractivity contribution < 1.29 is 38.1 Å². The Hall–Kier alpha value is -4.06. The van der Waals surface area contributed by atoms with Gasteiger partial charge in [-0.05, 0) is 70.4 Å². The number of alkyl carbamates (subject to hydrolysis) is 1. The largest absolute Gasteiger partial charge is 0.488 e. The van der Waals surface area contributed by atoms with Crippen molar-refractivity contribution in [2.75, 3.05) is 20.3 Å². The molecule has 3 amide bonds. The lowest BCUT2D eigenvalue weighted by molar-refractivity contribution is -0.148. The first-order chi connectivity index (χ1) is 23.7. The Morgan fingerprint density at radius 2 is 1.90 bits per heavy atom. The third kappa shape index (κ3) is 7.74. The molecule has 6 rings (SSSR count). The Labute approximate surface area is 291 Å². The normalized spacial score (nSPS) is 28.3. The molecule has 0 unspecified atom stereocenters. The fourth-order valence-corrected chi connectivity index (χ4v) is 7.53. The van der Waals surface area contributed by atoms with E-state index >= 15 is 0 Å². The summed E-state index contributed by atoms with van der Waals surface area (Å²) in [6.07, 6.45) is 10.3. The Morgan fingerprint density at radius 1 is 1.10 bits per heavy atom. The number of hydrogen-bond acceptors (Lipinski definition) is 9. The van der Waals surface area contributed by atoms with E-state index in [1.165, 1.54) is 12.0 Å². The molecule has 1 aromatic carbocycles. The minimum Gasteiger partial charge on any atom is -0.488 e. The Balaban J connectivity index is 1.30. The number of fused-ring (bicyclic) bond motifs is 3. The highest BCUT2D eigenvalue weighted by atomic mass is 35.5. The Bertz CT molecular complexity index is 1600. The number of para-hydroxylation sites is 1. The maximum absolute atomic E-state index is 14.4. The van der Waals surface area contributed by atoms with Crippen LogP contribution >= 0.6 is 11.6 Å². The van der Waals surface area contributed by atoms with Crippen LogP contribution in [0.3, 0.4) is 0 Å². The van der Waals surface area contributed by atoms with Crippen molar-refractivity contribution in [3.8, 4) is 11.6 Å². The standard InChI is InChI=1S/C36H45ClN4O8/c1-3-47-30-19-29(25-15-11-16-26(37)31(25)39-30)48-24-18-28-32(42)40-36(34(44)46-2)20-22(36)12-7-5-4-6-8-17-27(33(43)41(28)21-24)38-35(45)49-23-13-9-10-14-23/h7,11-12,15-16,19,22-24,27-28H,3-6,8-10,13-14,17-18,20-21H2,1-2H3,(H,38,45)(H,40,42)/b12-7-/t22-,24-,27+,28+,36-/m1/s1. The van der Waals surface area contributed by atoms with Crippen molar-refractivity contribution in [3.63, 3.8) is 0 Å². The van der Waals surface area contributed by atoms with Crippen LogP contribution in [0.2, 0.25) is 5.02 Å². The van der Waals surface area contributed by atoms with E-state index in [1.807, 2.05) is 25.1 Å². The van der Waals surface area contributed by atoms with Crippen LogP contribution in [-0.2, 0) is 23.9 Å². The summed E-state index contributed by atoms with van der Waals surface area (Å²) in [5.74, 6) is -0.847. The van der Waals surface area contributed by atoms with Crippen LogP contribution in [0.1, 0.15) is 77.6 Å². The molecule has 2 aromatic rings. The number of allylic oxidation sites excluding steroid dienone is 1. The number of aromatic nitrogens is 1. The van der Waals surface area contributed by atoms with Gasteiger partial charge in [0.25, 0.3) is 0 Å². The Kier molecular flexibility index (Phi) is 10.8. The van der Waals surface area contributed by atoms with E-state index in [2.05, 4.69) is 15.6 Å². The average molecular weight is 697 g/mol. The monoisotopic (exact) mass is 696 g/mol. The fourth-order valence-electron chi connectivity index (χ4n) is 7.31. The predicted octanol–water partition coefficient (Wildman–Crippen LogP) is 5.24. The number of carbonyl (C=O) groups is 4. The smallest absolute Gasteiger partial charge is 0.408 e. The predicted molar refractivity (Wildman–Crippen MR) is 181 cm³/mol. The third-order valence-electron chi connectivity index (χ3n) is 9.97. The van der Waals surface area contributed by atoms with Gasteiger partial charge in [0, 0.05) is 23.8 Å². The summed E-state index contributed by atoms with van der Waals surface area (Å²) < 4.78 is 23.0. The van der Waals surface area contributed by atoms with Crippen LogP contribution in [0.25, 0.3) is 10.9 Å². The van der Waals surface area contributed by atoms with E-state index in [4.69, 9.17) is 30.5 Å². The summed E-state index contributed by atoms with van der Waals surface area (Å²) >= 11 is 6.50. The fraction of sp³-hybridized carbons (Fsp3) is 0.583. The molecule has 3 heterocycles. The number of nitrogens with zero attached hydrogens (tertiary/aromatic N) is 2. The van der Waals surface area contributed by atoms with Crippen molar-refractivity contribution in [1.82, 2.24) is 20.5 Å². The van der Waals surface area contributed by atoms with Crippen LogP contribution in [0.5, 0.6) is 11.6 Å². The summed E-state index contributed by atoms with van der Waals surface area (Å²) in [6, 6.07) is 5.15. The Morgan fingerprint density at radius 3 is 2.67 bits per heavy atom. The van der Waals surface area contributed by atoms with E-state index < -0.39 is 47.6 Å². The zero-order valence-electron chi connectivity index (χ0n) is 28.1. The van der Waals surface area contributed by atoms with Crippen LogP contribution in [-0.4, -0.2) is 83.9 Å². The van der Waals surface area contributed by atoms with Gasteiger partial charge in [-0.15, -0.1) is 0 Å². The van der Waals surface area contributed by atoms with Gasteiger partial charge in [0.2, 0.25) is 17.7 Å². The molecule has 0 radical (unpaired) electrons. The highest BCUT2D eigenvalue weighted by molar-refractivity contribution is 6.35. The van der Waals surface area contributed by atoms with E-state index in [1.54, 1.807) is 18.2 Å². The number of pyridine rings is 1. The molecule has 264 valence electrons. The zero-order valence-corrected chi connectivity index (χ0v) is 28.8. The van der Waals surface area contributed by atoms with E-state index in [9.17, 15) is 19.2 Å². The quantitative estimate of drug-likeness (QED) is 0.293. The van der Waals surface area contributed by atoms with Gasteiger partial charge in [-0.2, -0.15) is 0 Å². The summed E-state index contributed by atoms with van der Waals surface area (Å²) in [4.78, 5) is 60.6. The number of hydrogen-bond donors (Lipinski definition) is 2. The van der Waals surface area contributed by atoms with Gasteiger partial charge in [-0.25, -0.2) is 14.6 Å². The lowest BCUT2D eigenvalue weighted by Crippen LogP contribution is -2.56. The minimum atomic E-state index is -1.21. The van der Waals surface area contributed by atoms with Crippen molar-refractivity contribution in [2.45, 2.75) is 107 Å². The van der Waals surface area contributed by atoms with Gasteiger partial charge < -0.3 is 34.5 Å². The molecule has 2 N–H and O–H groups in total. The summed E-state index contributed by atoms with van der Waals surface area (Å²) in [7, 11) is 1.30. The molecule has 0 bridgehead atoms. The molecular formula is C36H45ClN4O8. The molecule has 4 aliphatic rings. The summed E-state index contributed by atoms with van der Waals surface area (Å²) in [5.41, 5.74) is -0.701. The van der Waals surface area contributed by atoms with E-state index in [-0.39, 0.29) is 25.0 Å². The molecule has 2 aliphatic heterocycles. The van der Waals surface area contributed by atoms with E-state index in [0.717, 1.165) is 44.9 Å².